The summed E-state index contributed by atoms with van der Waals surface area (Å²) < 4.78 is 21.8. The average molecular weight is 223 g/mol. The fourth-order valence-electron chi connectivity index (χ4n) is 1.40. The van der Waals surface area contributed by atoms with E-state index in [9.17, 15) is 8.42 Å². The van der Waals surface area contributed by atoms with E-state index < -0.39 is 21.6 Å². The molecule has 1 atom stereocenters. The van der Waals surface area contributed by atoms with Crippen LogP contribution < -0.4 is 5.32 Å². The van der Waals surface area contributed by atoms with Crippen molar-refractivity contribution in [3.63, 3.8) is 0 Å². The molecule has 5 heteroatoms. The molecule has 1 aliphatic heterocycles. The van der Waals surface area contributed by atoms with Crippen LogP contribution in [0.25, 0.3) is 0 Å². The molecule has 1 rings (SSSR count). The van der Waals surface area contributed by atoms with Gasteiger partial charge in [0.1, 0.15) is 0 Å². The second-order valence-corrected chi connectivity index (χ2v) is 6.60. The van der Waals surface area contributed by atoms with Gasteiger partial charge >= 0.3 is 0 Å². The molecular formula is C8H17NO2S2. The van der Waals surface area contributed by atoms with Crippen LogP contribution in [0.15, 0.2) is 0 Å². The molecule has 0 aromatic carbocycles. The molecule has 13 heavy (non-hydrogen) atoms. The van der Waals surface area contributed by atoms with Crippen molar-refractivity contribution in [2.45, 2.75) is 18.9 Å². The van der Waals surface area contributed by atoms with Crippen LogP contribution in [-0.2, 0) is 21.6 Å². The third-order valence-corrected chi connectivity index (χ3v) is 4.37. The fraction of sp³-hybridized carbons (Fsp3) is 1.00. The van der Waals surface area contributed by atoms with Crippen LogP contribution in [0.2, 0.25) is 0 Å². The molecular weight excluding hydrogens is 206 g/mol. The van der Waals surface area contributed by atoms with Gasteiger partial charge in [-0.2, -0.15) is 0 Å². The molecule has 0 spiro atoms. The van der Waals surface area contributed by atoms with Crippen molar-refractivity contribution in [1.82, 2.24) is 5.32 Å². The van der Waals surface area contributed by atoms with Crippen molar-refractivity contribution in [1.29, 1.82) is 0 Å². The minimum atomic E-state index is -0.699. The molecule has 78 valence electrons. The zero-order valence-electron chi connectivity index (χ0n) is 7.95. The molecule has 1 saturated heterocycles. The Kier molecular flexibility index (Phi) is 5.13. The van der Waals surface area contributed by atoms with Gasteiger partial charge in [-0.1, -0.05) is 0 Å². The lowest BCUT2D eigenvalue weighted by Crippen LogP contribution is -2.37. The highest BCUT2D eigenvalue weighted by Gasteiger charge is 2.16. The van der Waals surface area contributed by atoms with E-state index in [-0.39, 0.29) is 0 Å². The summed E-state index contributed by atoms with van der Waals surface area (Å²) in [5, 5.41) is 3.35. The SMILES string of the molecule is CS(=O)CCNC1CCS(=O)CC1. The average Bonchev–Trinajstić information content (AvgIpc) is 2.08. The highest BCUT2D eigenvalue weighted by atomic mass is 32.2. The fourth-order valence-corrected chi connectivity index (χ4v) is 3.11. The first-order valence-corrected chi connectivity index (χ1v) is 7.78. The molecule has 1 fully saturated rings. The van der Waals surface area contributed by atoms with Gasteiger partial charge in [-0.15, -0.1) is 0 Å². The molecule has 0 bridgehead atoms. The van der Waals surface area contributed by atoms with Gasteiger partial charge in [0.15, 0.2) is 0 Å². The zero-order valence-corrected chi connectivity index (χ0v) is 9.59. The van der Waals surface area contributed by atoms with Crippen LogP contribution in [0.5, 0.6) is 0 Å². The first kappa shape index (κ1) is 11.3. The molecule has 0 amide bonds. The third-order valence-electron chi connectivity index (χ3n) is 2.21. The van der Waals surface area contributed by atoms with E-state index >= 15 is 0 Å². The van der Waals surface area contributed by atoms with Crippen molar-refractivity contribution in [2.24, 2.45) is 0 Å². The normalized spacial score (nSPS) is 31.5. The van der Waals surface area contributed by atoms with E-state index in [1.165, 1.54) is 0 Å². The van der Waals surface area contributed by atoms with E-state index in [0.717, 1.165) is 36.6 Å². The van der Waals surface area contributed by atoms with Crippen LogP contribution in [0.1, 0.15) is 12.8 Å². The quantitative estimate of drug-likeness (QED) is 0.722. The maximum Gasteiger partial charge on any atom is 0.0357 e. The topological polar surface area (TPSA) is 46.2 Å². The molecule has 0 aliphatic carbocycles. The van der Waals surface area contributed by atoms with Crippen molar-refractivity contribution in [2.75, 3.05) is 30.1 Å². The van der Waals surface area contributed by atoms with Gasteiger partial charge in [-0.3, -0.25) is 8.42 Å². The molecule has 0 aromatic heterocycles. The zero-order chi connectivity index (χ0) is 9.68. The molecule has 1 unspecified atom stereocenters. The van der Waals surface area contributed by atoms with Crippen molar-refractivity contribution in [3.05, 3.63) is 0 Å². The predicted molar refractivity (Wildman–Crippen MR) is 57.8 cm³/mol. The van der Waals surface area contributed by atoms with Crippen molar-refractivity contribution >= 4 is 21.6 Å². The summed E-state index contributed by atoms with van der Waals surface area (Å²) >= 11 is 0. The summed E-state index contributed by atoms with van der Waals surface area (Å²) in [7, 11) is -1.27. The van der Waals surface area contributed by atoms with Crippen LogP contribution in [-0.4, -0.2) is 44.5 Å². The monoisotopic (exact) mass is 223 g/mol. The van der Waals surface area contributed by atoms with Crippen LogP contribution in [0.4, 0.5) is 0 Å². The summed E-state index contributed by atoms with van der Waals surface area (Å²) in [6.45, 7) is 0.820. The summed E-state index contributed by atoms with van der Waals surface area (Å²) in [5.74, 6) is 2.37. The number of nitrogens with one attached hydrogen (secondary N) is 1. The Bertz CT molecular complexity index is 198. The summed E-state index contributed by atoms with van der Waals surface area (Å²) in [5.41, 5.74) is 0. The second-order valence-electron chi connectivity index (χ2n) is 3.35. The minimum absolute atomic E-state index is 0.501. The highest BCUT2D eigenvalue weighted by Crippen LogP contribution is 2.08. The summed E-state index contributed by atoms with van der Waals surface area (Å²) in [6, 6.07) is 0.501. The molecule has 1 heterocycles. The first-order chi connectivity index (χ1) is 6.18. The van der Waals surface area contributed by atoms with Crippen LogP contribution in [0, 0.1) is 0 Å². The molecule has 1 N–H and O–H groups in total. The molecule has 0 radical (unpaired) electrons. The Hall–Kier alpha value is 0.260. The van der Waals surface area contributed by atoms with Crippen LogP contribution in [0.3, 0.4) is 0 Å². The lowest BCUT2D eigenvalue weighted by Gasteiger charge is -2.22. The predicted octanol–water partition coefficient (Wildman–Crippen LogP) is -0.134. The van der Waals surface area contributed by atoms with E-state index in [2.05, 4.69) is 5.32 Å². The van der Waals surface area contributed by atoms with Gasteiger partial charge in [0.2, 0.25) is 0 Å². The smallest absolute Gasteiger partial charge is 0.0357 e. The van der Waals surface area contributed by atoms with Gasteiger partial charge in [-0.25, -0.2) is 0 Å². The Morgan fingerprint density at radius 3 is 2.62 bits per heavy atom. The van der Waals surface area contributed by atoms with Crippen LogP contribution >= 0.6 is 0 Å². The summed E-state index contributed by atoms with van der Waals surface area (Å²) in [6.07, 6.45) is 3.73. The number of hydrogen-bond donors (Lipinski definition) is 1. The first-order valence-electron chi connectivity index (χ1n) is 4.57. The molecule has 0 saturated carbocycles. The van der Waals surface area contributed by atoms with Gasteiger partial charge in [0.25, 0.3) is 0 Å². The maximum absolute atomic E-state index is 11.0. The number of rotatable bonds is 4. The van der Waals surface area contributed by atoms with E-state index in [0.29, 0.717) is 6.04 Å². The third kappa shape index (κ3) is 4.88. The Morgan fingerprint density at radius 1 is 1.46 bits per heavy atom. The molecule has 3 nitrogen and oxygen atoms in total. The van der Waals surface area contributed by atoms with E-state index in [1.54, 1.807) is 6.26 Å². The highest BCUT2D eigenvalue weighted by molar-refractivity contribution is 7.85. The van der Waals surface area contributed by atoms with Gasteiger partial charge < -0.3 is 5.32 Å². The minimum Gasteiger partial charge on any atom is -0.313 e. The summed E-state index contributed by atoms with van der Waals surface area (Å²) in [4.78, 5) is 0. The van der Waals surface area contributed by atoms with Crippen molar-refractivity contribution < 1.29 is 8.42 Å². The molecule has 1 aliphatic rings. The Balaban J connectivity index is 2.09. The van der Waals surface area contributed by atoms with Gasteiger partial charge in [-0.05, 0) is 12.8 Å². The lowest BCUT2D eigenvalue weighted by molar-refractivity contribution is 0.490. The van der Waals surface area contributed by atoms with Gasteiger partial charge in [0, 0.05) is 57.7 Å². The Morgan fingerprint density at radius 2 is 2.08 bits per heavy atom. The van der Waals surface area contributed by atoms with E-state index in [4.69, 9.17) is 0 Å². The molecule has 0 aromatic rings. The lowest BCUT2D eigenvalue weighted by atomic mass is 10.1. The van der Waals surface area contributed by atoms with Gasteiger partial charge in [0.05, 0.1) is 0 Å². The standard InChI is InChI=1S/C8H17NO2S2/c1-12(10)7-4-9-8-2-5-13(11)6-3-8/h8-9H,2-7H2,1H3. The largest absolute Gasteiger partial charge is 0.313 e. The van der Waals surface area contributed by atoms with Crippen molar-refractivity contribution in [3.8, 4) is 0 Å². The number of hydrogen-bond acceptors (Lipinski definition) is 3. The Labute approximate surface area is 84.6 Å². The second kappa shape index (κ2) is 5.88. The maximum atomic E-state index is 11.0. The van der Waals surface area contributed by atoms with E-state index in [1.807, 2.05) is 0 Å².